The summed E-state index contributed by atoms with van der Waals surface area (Å²) in [4.78, 5) is 13.2. The Bertz CT molecular complexity index is 1470. The highest BCUT2D eigenvalue weighted by Crippen LogP contribution is 2.33. The fraction of sp³-hybridized carbons (Fsp3) is 0.868. The van der Waals surface area contributed by atoms with Crippen molar-refractivity contribution in [2.75, 3.05) is 26.4 Å². The molecular formula is C53H95NO18. The zero-order valence-corrected chi connectivity index (χ0v) is 43.1. The predicted molar refractivity (Wildman–Crippen MR) is 268 cm³/mol. The van der Waals surface area contributed by atoms with Gasteiger partial charge in [0.2, 0.25) is 5.91 Å². The highest BCUT2D eigenvalue weighted by atomic mass is 16.8. The van der Waals surface area contributed by atoms with E-state index in [1.807, 2.05) is 6.08 Å². The second-order valence-corrected chi connectivity index (χ2v) is 19.7. The normalized spacial score (nSPS) is 32.3. The van der Waals surface area contributed by atoms with Crippen LogP contribution >= 0.6 is 0 Å². The Labute approximate surface area is 428 Å². The molecule has 3 rings (SSSR count). The summed E-state index contributed by atoms with van der Waals surface area (Å²) < 4.78 is 34.1. The Hall–Kier alpha value is -1.99. The SMILES string of the molecule is CC/C=C/CC/C=C/CC/C=C/C(O)C(COC1OC(CO)C(OC2OC(CO)C(OC3OC(CO)C(O)C(O)C3O)C(O)C2O)C(O)C1O)NC(=O)CCCCCCCCCCCCCCCCCCC. The Balaban J connectivity index is 1.53. The summed E-state index contributed by atoms with van der Waals surface area (Å²) >= 11 is 0. The van der Waals surface area contributed by atoms with Gasteiger partial charge < -0.3 is 89.9 Å². The average Bonchev–Trinajstić information content (AvgIpc) is 3.37. The van der Waals surface area contributed by atoms with E-state index in [0.717, 1.165) is 44.9 Å². The molecule has 1 amide bonds. The molecule has 420 valence electrons. The van der Waals surface area contributed by atoms with E-state index in [1.54, 1.807) is 6.08 Å². The van der Waals surface area contributed by atoms with Gasteiger partial charge in [0.1, 0.15) is 73.2 Å². The quantitative estimate of drug-likeness (QED) is 0.0313. The number of allylic oxidation sites excluding steroid dienone is 5. The van der Waals surface area contributed by atoms with E-state index in [4.69, 9.17) is 28.4 Å². The molecule has 0 bridgehead atoms. The van der Waals surface area contributed by atoms with Crippen LogP contribution in [0.25, 0.3) is 0 Å². The topological polar surface area (TPSA) is 307 Å². The molecule has 3 fully saturated rings. The highest BCUT2D eigenvalue weighted by molar-refractivity contribution is 5.76. The number of ether oxygens (including phenoxy) is 6. The molecule has 0 aromatic rings. The van der Waals surface area contributed by atoms with E-state index in [9.17, 15) is 61.0 Å². The van der Waals surface area contributed by atoms with Crippen LogP contribution < -0.4 is 5.32 Å². The maximum atomic E-state index is 13.2. The lowest BCUT2D eigenvalue weighted by atomic mass is 9.96. The molecule has 0 aromatic heterocycles. The smallest absolute Gasteiger partial charge is 0.220 e. The van der Waals surface area contributed by atoms with E-state index < -0.39 is 124 Å². The van der Waals surface area contributed by atoms with Gasteiger partial charge in [-0.15, -0.1) is 0 Å². The van der Waals surface area contributed by atoms with E-state index in [1.165, 1.54) is 83.5 Å². The number of carbonyl (C=O) groups excluding carboxylic acids is 1. The van der Waals surface area contributed by atoms with Gasteiger partial charge in [0.15, 0.2) is 18.9 Å². The molecule has 3 saturated heterocycles. The first-order valence-corrected chi connectivity index (χ1v) is 27.2. The Morgan fingerprint density at radius 1 is 0.500 bits per heavy atom. The van der Waals surface area contributed by atoms with Crippen LogP contribution in [0.2, 0.25) is 0 Å². The second kappa shape index (κ2) is 37.7. The van der Waals surface area contributed by atoms with Crippen molar-refractivity contribution < 1.29 is 89.4 Å². The number of amides is 1. The minimum atomic E-state index is -1.98. The number of unbranched alkanes of at least 4 members (excludes halogenated alkanes) is 18. The summed E-state index contributed by atoms with van der Waals surface area (Å²) in [6, 6.07) is -0.990. The summed E-state index contributed by atoms with van der Waals surface area (Å²) in [7, 11) is 0. The monoisotopic (exact) mass is 1030 g/mol. The fourth-order valence-electron chi connectivity index (χ4n) is 9.17. The molecule has 12 N–H and O–H groups in total. The lowest BCUT2D eigenvalue weighted by Crippen LogP contribution is -2.66. The van der Waals surface area contributed by atoms with E-state index in [2.05, 4.69) is 43.5 Å². The molecule has 17 unspecified atom stereocenters. The number of nitrogens with one attached hydrogen (secondary N) is 1. The van der Waals surface area contributed by atoms with Gasteiger partial charge in [-0.2, -0.15) is 0 Å². The maximum absolute atomic E-state index is 13.2. The molecule has 3 aliphatic heterocycles. The van der Waals surface area contributed by atoms with Crippen LogP contribution in [0.3, 0.4) is 0 Å². The Morgan fingerprint density at radius 2 is 0.903 bits per heavy atom. The van der Waals surface area contributed by atoms with Gasteiger partial charge in [-0.3, -0.25) is 4.79 Å². The lowest BCUT2D eigenvalue weighted by Gasteiger charge is -2.48. The molecule has 0 spiro atoms. The molecule has 0 aromatic carbocycles. The minimum absolute atomic E-state index is 0.234. The van der Waals surface area contributed by atoms with Crippen LogP contribution in [-0.4, -0.2) is 193 Å². The molecule has 0 aliphatic carbocycles. The van der Waals surface area contributed by atoms with Crippen molar-refractivity contribution in [3.05, 3.63) is 36.5 Å². The van der Waals surface area contributed by atoms with E-state index >= 15 is 0 Å². The number of rotatable bonds is 38. The first kappa shape index (κ1) is 64.3. The zero-order valence-electron chi connectivity index (χ0n) is 43.1. The van der Waals surface area contributed by atoms with Gasteiger partial charge in [0.25, 0.3) is 0 Å². The summed E-state index contributed by atoms with van der Waals surface area (Å²) in [6.45, 7) is 1.54. The zero-order chi connectivity index (χ0) is 52.7. The molecule has 3 aliphatic rings. The third-order valence-corrected chi connectivity index (χ3v) is 13.7. The van der Waals surface area contributed by atoms with Crippen LogP contribution in [0.4, 0.5) is 0 Å². The van der Waals surface area contributed by atoms with Gasteiger partial charge >= 0.3 is 0 Å². The van der Waals surface area contributed by atoms with Crippen LogP contribution in [0.1, 0.15) is 162 Å². The van der Waals surface area contributed by atoms with Crippen LogP contribution in [-0.2, 0) is 33.2 Å². The van der Waals surface area contributed by atoms with Gasteiger partial charge in [0.05, 0.1) is 38.6 Å². The highest BCUT2D eigenvalue weighted by Gasteiger charge is 2.53. The number of hydrogen-bond donors (Lipinski definition) is 12. The van der Waals surface area contributed by atoms with Crippen molar-refractivity contribution in [2.24, 2.45) is 0 Å². The average molecular weight is 1030 g/mol. The molecule has 0 saturated carbocycles. The third kappa shape index (κ3) is 22.7. The van der Waals surface area contributed by atoms with Crippen LogP contribution in [0.15, 0.2) is 36.5 Å². The van der Waals surface area contributed by atoms with Crippen molar-refractivity contribution in [1.29, 1.82) is 0 Å². The van der Waals surface area contributed by atoms with Crippen molar-refractivity contribution in [3.8, 4) is 0 Å². The summed E-state index contributed by atoms with van der Waals surface area (Å²) in [5.74, 6) is -0.292. The Kier molecular flexibility index (Phi) is 33.7. The number of carbonyl (C=O) groups is 1. The van der Waals surface area contributed by atoms with Gasteiger partial charge in [0, 0.05) is 6.42 Å². The molecule has 3 heterocycles. The fourth-order valence-corrected chi connectivity index (χ4v) is 9.17. The second-order valence-electron chi connectivity index (χ2n) is 19.7. The number of hydrogen-bond acceptors (Lipinski definition) is 18. The first-order valence-electron chi connectivity index (χ1n) is 27.2. The molecule has 0 radical (unpaired) electrons. The van der Waals surface area contributed by atoms with Gasteiger partial charge in [-0.1, -0.05) is 153 Å². The molecule has 72 heavy (non-hydrogen) atoms. The summed E-state index contributed by atoms with van der Waals surface area (Å²) in [6.07, 6.45) is 10.2. The maximum Gasteiger partial charge on any atom is 0.220 e. The Morgan fingerprint density at radius 3 is 1.38 bits per heavy atom. The van der Waals surface area contributed by atoms with Gasteiger partial charge in [-0.05, 0) is 38.5 Å². The van der Waals surface area contributed by atoms with Crippen molar-refractivity contribution in [2.45, 2.75) is 266 Å². The minimum Gasteiger partial charge on any atom is -0.394 e. The van der Waals surface area contributed by atoms with Crippen molar-refractivity contribution in [3.63, 3.8) is 0 Å². The van der Waals surface area contributed by atoms with Crippen molar-refractivity contribution >= 4 is 5.91 Å². The summed E-state index contributed by atoms with van der Waals surface area (Å²) in [5, 5.41) is 120. The molecule has 17 atom stereocenters. The standard InChI is InChI=1S/C53H95NO18/c1-3-5-7-9-11-13-15-16-17-18-19-20-21-23-25-27-29-31-41(59)54-36(37(58)30-28-26-24-22-14-12-10-8-6-4-2)35-67-51-47(65)44(62)49(39(33-56)69-51)72-53-48(66)45(63)50(40(34-57)70-53)71-52-46(64)43(61)42(60)38(32-55)68-52/h6,8,14,22,28,30,36-40,42-53,55-58,60-66H,3-5,7,9-13,15-21,23-27,29,31-35H2,1-2H3,(H,54,59)/b8-6+,22-14+,30-28+. The van der Waals surface area contributed by atoms with E-state index in [-0.39, 0.29) is 18.9 Å². The predicted octanol–water partition coefficient (Wildman–Crippen LogP) is 2.98. The molecular weight excluding hydrogens is 939 g/mol. The first-order chi connectivity index (χ1) is 34.8. The largest absolute Gasteiger partial charge is 0.394 e. The van der Waals surface area contributed by atoms with Crippen molar-refractivity contribution in [1.82, 2.24) is 5.32 Å². The number of aliphatic hydroxyl groups excluding tert-OH is 11. The number of aliphatic hydroxyl groups is 11. The summed E-state index contributed by atoms with van der Waals surface area (Å²) in [5.41, 5.74) is 0. The molecule has 19 heteroatoms. The van der Waals surface area contributed by atoms with Crippen LogP contribution in [0.5, 0.6) is 0 Å². The lowest BCUT2D eigenvalue weighted by molar-refractivity contribution is -0.379. The van der Waals surface area contributed by atoms with Crippen LogP contribution in [0, 0.1) is 0 Å². The third-order valence-electron chi connectivity index (χ3n) is 13.7. The van der Waals surface area contributed by atoms with E-state index in [0.29, 0.717) is 12.8 Å². The van der Waals surface area contributed by atoms with Gasteiger partial charge in [-0.25, -0.2) is 0 Å². The molecule has 19 nitrogen and oxygen atoms in total.